The molecule has 164 valence electrons. The SMILES string of the molecule is O=C(c1ccc(F)c(F)c1Nc1ccc(I)cc1F)N(C(=O)C1CNC1)c1ccccc1. The van der Waals surface area contributed by atoms with Crippen molar-refractivity contribution in [2.24, 2.45) is 5.92 Å². The molecule has 3 aromatic carbocycles. The molecular weight excluding hydrogens is 534 g/mol. The Kier molecular flexibility index (Phi) is 6.47. The molecule has 0 radical (unpaired) electrons. The lowest BCUT2D eigenvalue weighted by atomic mass is 10.00. The lowest BCUT2D eigenvalue weighted by Gasteiger charge is -2.31. The molecule has 4 rings (SSSR count). The van der Waals surface area contributed by atoms with E-state index in [1.165, 1.54) is 12.1 Å². The number of nitrogens with one attached hydrogen (secondary N) is 2. The molecule has 1 saturated heterocycles. The van der Waals surface area contributed by atoms with Gasteiger partial charge in [-0.25, -0.2) is 18.1 Å². The average molecular weight is 551 g/mol. The molecule has 1 aliphatic heterocycles. The number of anilines is 3. The Morgan fingerprint density at radius 3 is 2.31 bits per heavy atom. The second-order valence-corrected chi connectivity index (χ2v) is 8.45. The number of amides is 2. The number of carbonyl (C=O) groups is 2. The fourth-order valence-electron chi connectivity index (χ4n) is 3.26. The van der Waals surface area contributed by atoms with E-state index in [4.69, 9.17) is 0 Å². The Bertz CT molecular complexity index is 1190. The number of carbonyl (C=O) groups excluding carboxylic acids is 2. The molecule has 0 bridgehead atoms. The minimum absolute atomic E-state index is 0.134. The summed E-state index contributed by atoms with van der Waals surface area (Å²) in [5, 5.41) is 5.47. The van der Waals surface area contributed by atoms with Crippen molar-refractivity contribution in [1.29, 1.82) is 0 Å². The van der Waals surface area contributed by atoms with Crippen molar-refractivity contribution in [3.8, 4) is 0 Å². The summed E-state index contributed by atoms with van der Waals surface area (Å²) >= 11 is 1.91. The van der Waals surface area contributed by atoms with E-state index in [0.717, 1.165) is 17.0 Å². The van der Waals surface area contributed by atoms with Crippen LogP contribution in [0, 0.1) is 26.9 Å². The van der Waals surface area contributed by atoms with Crippen molar-refractivity contribution in [2.45, 2.75) is 0 Å². The minimum Gasteiger partial charge on any atom is -0.350 e. The molecule has 0 aliphatic carbocycles. The van der Waals surface area contributed by atoms with Crippen LogP contribution in [0.4, 0.5) is 30.2 Å². The number of hydrogen-bond acceptors (Lipinski definition) is 4. The highest BCUT2D eigenvalue weighted by Gasteiger charge is 2.35. The zero-order valence-corrected chi connectivity index (χ0v) is 18.7. The fourth-order valence-corrected chi connectivity index (χ4v) is 3.72. The van der Waals surface area contributed by atoms with E-state index in [1.807, 2.05) is 22.6 Å². The maximum absolute atomic E-state index is 14.8. The van der Waals surface area contributed by atoms with Crippen LogP contribution in [-0.2, 0) is 4.79 Å². The Morgan fingerprint density at radius 1 is 0.969 bits per heavy atom. The van der Waals surface area contributed by atoms with Gasteiger partial charge in [0, 0.05) is 16.7 Å². The smallest absolute Gasteiger partial charge is 0.267 e. The summed E-state index contributed by atoms with van der Waals surface area (Å²) in [7, 11) is 0. The molecule has 0 saturated carbocycles. The van der Waals surface area contributed by atoms with Crippen molar-refractivity contribution >= 4 is 51.5 Å². The van der Waals surface area contributed by atoms with Crippen LogP contribution in [0.25, 0.3) is 0 Å². The van der Waals surface area contributed by atoms with Gasteiger partial charge < -0.3 is 10.6 Å². The van der Waals surface area contributed by atoms with Crippen LogP contribution in [0.5, 0.6) is 0 Å². The van der Waals surface area contributed by atoms with Gasteiger partial charge in [-0.3, -0.25) is 9.59 Å². The third-order valence-electron chi connectivity index (χ3n) is 5.08. The fraction of sp³-hybridized carbons (Fsp3) is 0.130. The van der Waals surface area contributed by atoms with Crippen LogP contribution in [0.2, 0.25) is 0 Å². The van der Waals surface area contributed by atoms with Gasteiger partial charge in [-0.2, -0.15) is 0 Å². The molecule has 0 unspecified atom stereocenters. The molecule has 5 nitrogen and oxygen atoms in total. The van der Waals surface area contributed by atoms with Gasteiger partial charge in [0.15, 0.2) is 11.6 Å². The minimum atomic E-state index is -1.35. The van der Waals surface area contributed by atoms with Crippen LogP contribution in [0.15, 0.2) is 60.7 Å². The lowest BCUT2D eigenvalue weighted by Crippen LogP contribution is -2.53. The summed E-state index contributed by atoms with van der Waals surface area (Å²) in [5.41, 5.74) is -0.683. The Morgan fingerprint density at radius 2 is 1.69 bits per heavy atom. The Balaban J connectivity index is 1.79. The molecule has 9 heteroatoms. The van der Waals surface area contributed by atoms with Crippen molar-refractivity contribution in [2.75, 3.05) is 23.3 Å². The predicted octanol–water partition coefficient (Wildman–Crippen LogP) is 4.84. The van der Waals surface area contributed by atoms with Gasteiger partial charge in [0.2, 0.25) is 5.91 Å². The molecule has 1 heterocycles. The van der Waals surface area contributed by atoms with E-state index in [2.05, 4.69) is 10.6 Å². The van der Waals surface area contributed by atoms with E-state index in [1.54, 1.807) is 36.4 Å². The highest BCUT2D eigenvalue weighted by atomic mass is 127. The van der Waals surface area contributed by atoms with Gasteiger partial charge in [-0.05, 0) is 65.1 Å². The Labute approximate surface area is 195 Å². The van der Waals surface area contributed by atoms with Crippen molar-refractivity contribution in [3.05, 3.63) is 87.2 Å². The number of rotatable bonds is 5. The van der Waals surface area contributed by atoms with Gasteiger partial charge >= 0.3 is 0 Å². The lowest BCUT2D eigenvalue weighted by molar-refractivity contribution is -0.123. The van der Waals surface area contributed by atoms with Crippen LogP contribution in [0.3, 0.4) is 0 Å². The summed E-state index contributed by atoms with van der Waals surface area (Å²) in [5.74, 6) is -4.99. The summed E-state index contributed by atoms with van der Waals surface area (Å²) in [6.07, 6.45) is 0. The molecule has 0 aromatic heterocycles. The molecular formula is C23H17F3IN3O2. The Hall–Kier alpha value is -2.92. The van der Waals surface area contributed by atoms with Gasteiger partial charge in [0.05, 0.1) is 28.5 Å². The topological polar surface area (TPSA) is 61.4 Å². The first-order valence-electron chi connectivity index (χ1n) is 9.71. The van der Waals surface area contributed by atoms with E-state index in [-0.39, 0.29) is 11.3 Å². The van der Waals surface area contributed by atoms with Crippen LogP contribution < -0.4 is 15.5 Å². The first kappa shape index (κ1) is 22.3. The largest absolute Gasteiger partial charge is 0.350 e. The van der Waals surface area contributed by atoms with Crippen molar-refractivity contribution < 1.29 is 22.8 Å². The summed E-state index contributed by atoms with van der Waals surface area (Å²) < 4.78 is 43.8. The van der Waals surface area contributed by atoms with Crippen molar-refractivity contribution in [3.63, 3.8) is 0 Å². The normalized spacial score (nSPS) is 13.4. The molecule has 2 amide bonds. The summed E-state index contributed by atoms with van der Waals surface area (Å²) in [6, 6.07) is 14.2. The number of nitrogens with zero attached hydrogens (tertiary/aromatic N) is 1. The van der Waals surface area contributed by atoms with Crippen molar-refractivity contribution in [1.82, 2.24) is 5.32 Å². The van der Waals surface area contributed by atoms with E-state index in [9.17, 15) is 22.8 Å². The van der Waals surface area contributed by atoms with E-state index in [0.29, 0.717) is 22.3 Å². The highest BCUT2D eigenvalue weighted by Crippen LogP contribution is 2.31. The molecule has 3 aromatic rings. The number of imide groups is 1. The van der Waals surface area contributed by atoms with Crippen LogP contribution in [0.1, 0.15) is 10.4 Å². The average Bonchev–Trinajstić information content (AvgIpc) is 2.73. The first-order valence-corrected chi connectivity index (χ1v) is 10.8. The molecule has 2 N–H and O–H groups in total. The second kappa shape index (κ2) is 9.29. The third-order valence-corrected chi connectivity index (χ3v) is 5.76. The third kappa shape index (κ3) is 4.35. The standard InChI is InChI=1S/C23H17F3IN3O2/c24-17-8-7-16(21(20(17)26)29-19-9-6-14(27)10-18(19)25)23(32)30(15-4-2-1-3-5-15)22(31)13-11-28-12-13/h1-10,13,28-29H,11-12H2. The van der Waals surface area contributed by atoms with Crippen LogP contribution in [-0.4, -0.2) is 24.9 Å². The summed E-state index contributed by atoms with van der Waals surface area (Å²) in [4.78, 5) is 27.5. The highest BCUT2D eigenvalue weighted by molar-refractivity contribution is 14.1. The van der Waals surface area contributed by atoms with E-state index >= 15 is 0 Å². The van der Waals surface area contributed by atoms with E-state index < -0.39 is 40.9 Å². The number of benzene rings is 3. The van der Waals surface area contributed by atoms with Gasteiger partial charge in [0.1, 0.15) is 5.82 Å². The molecule has 0 atom stereocenters. The van der Waals surface area contributed by atoms with Gasteiger partial charge in [-0.1, -0.05) is 18.2 Å². The number of para-hydroxylation sites is 1. The monoisotopic (exact) mass is 551 g/mol. The predicted molar refractivity (Wildman–Crippen MR) is 123 cm³/mol. The maximum Gasteiger partial charge on any atom is 0.267 e. The molecule has 1 aliphatic rings. The molecule has 0 spiro atoms. The van der Waals surface area contributed by atoms with Crippen LogP contribution >= 0.6 is 22.6 Å². The molecule has 32 heavy (non-hydrogen) atoms. The van der Waals surface area contributed by atoms with Gasteiger partial charge in [0.25, 0.3) is 5.91 Å². The number of hydrogen-bond donors (Lipinski definition) is 2. The molecule has 1 fully saturated rings. The second-order valence-electron chi connectivity index (χ2n) is 7.20. The summed E-state index contributed by atoms with van der Waals surface area (Å²) in [6.45, 7) is 0.818. The zero-order valence-electron chi connectivity index (χ0n) is 16.5. The number of halogens is 4. The quantitative estimate of drug-likeness (QED) is 0.352. The zero-order chi connectivity index (χ0) is 22.8. The maximum atomic E-state index is 14.8. The first-order chi connectivity index (χ1) is 15.4. The van der Waals surface area contributed by atoms with Gasteiger partial charge in [-0.15, -0.1) is 0 Å².